The highest BCUT2D eigenvalue weighted by molar-refractivity contribution is 7.90. The van der Waals surface area contributed by atoms with Gasteiger partial charge in [-0.25, -0.2) is 8.42 Å². The molecule has 1 unspecified atom stereocenters. The first kappa shape index (κ1) is 13.0. The molecule has 0 spiro atoms. The molecule has 1 atom stereocenters. The van der Waals surface area contributed by atoms with E-state index >= 15 is 0 Å². The van der Waals surface area contributed by atoms with Crippen molar-refractivity contribution in [2.75, 3.05) is 6.26 Å². The molecule has 1 aliphatic rings. The number of carboxylic acid groups (broad SMARTS) is 1. The fraction of sp³-hybridized carbons (Fsp3) is 0.417. The molecule has 18 heavy (non-hydrogen) atoms. The SMILES string of the molecule is CS(=O)(=O)c1ccc(C(N)C2(C(=O)O)CC2)cc1. The topological polar surface area (TPSA) is 97.5 Å². The lowest BCUT2D eigenvalue weighted by molar-refractivity contribution is -0.144. The first-order valence-electron chi connectivity index (χ1n) is 5.56. The van der Waals surface area contributed by atoms with Gasteiger partial charge in [0, 0.05) is 12.3 Å². The maximum Gasteiger partial charge on any atom is 0.311 e. The number of hydrogen-bond donors (Lipinski definition) is 2. The molecule has 1 aromatic rings. The van der Waals surface area contributed by atoms with Crippen LogP contribution in [-0.2, 0) is 14.6 Å². The summed E-state index contributed by atoms with van der Waals surface area (Å²) in [6.45, 7) is 0. The standard InChI is InChI=1S/C12H15NO4S/c1-18(16,17)9-4-2-8(3-5-9)10(13)12(6-7-12)11(14)15/h2-5,10H,6-7,13H2,1H3,(H,14,15). The van der Waals surface area contributed by atoms with Gasteiger partial charge in [0.25, 0.3) is 0 Å². The third kappa shape index (κ3) is 2.13. The van der Waals surface area contributed by atoms with Crippen molar-refractivity contribution in [2.24, 2.45) is 11.1 Å². The lowest BCUT2D eigenvalue weighted by Gasteiger charge is -2.19. The fourth-order valence-corrected chi connectivity index (χ4v) is 2.66. The molecule has 3 N–H and O–H groups in total. The van der Waals surface area contributed by atoms with E-state index in [0.717, 1.165) is 6.26 Å². The van der Waals surface area contributed by atoms with Crippen LogP contribution in [0.4, 0.5) is 0 Å². The molecule has 0 aliphatic heterocycles. The molecular weight excluding hydrogens is 254 g/mol. The van der Waals surface area contributed by atoms with Gasteiger partial charge in [-0.2, -0.15) is 0 Å². The van der Waals surface area contributed by atoms with Crippen molar-refractivity contribution in [1.82, 2.24) is 0 Å². The van der Waals surface area contributed by atoms with Gasteiger partial charge in [0.05, 0.1) is 10.3 Å². The van der Waals surface area contributed by atoms with Crippen molar-refractivity contribution in [3.05, 3.63) is 29.8 Å². The van der Waals surface area contributed by atoms with Crippen LogP contribution < -0.4 is 5.73 Å². The first-order valence-corrected chi connectivity index (χ1v) is 7.45. The summed E-state index contributed by atoms with van der Waals surface area (Å²) in [5.41, 5.74) is 5.75. The number of rotatable bonds is 4. The monoisotopic (exact) mass is 269 g/mol. The highest BCUT2D eigenvalue weighted by atomic mass is 32.2. The van der Waals surface area contributed by atoms with Gasteiger partial charge < -0.3 is 10.8 Å². The average molecular weight is 269 g/mol. The van der Waals surface area contributed by atoms with Gasteiger partial charge in [-0.15, -0.1) is 0 Å². The minimum atomic E-state index is -3.24. The third-order valence-electron chi connectivity index (χ3n) is 3.48. The van der Waals surface area contributed by atoms with E-state index in [0.29, 0.717) is 18.4 Å². The number of benzene rings is 1. The Morgan fingerprint density at radius 1 is 1.33 bits per heavy atom. The van der Waals surface area contributed by atoms with Crippen LogP contribution in [0.3, 0.4) is 0 Å². The summed E-state index contributed by atoms with van der Waals surface area (Å²) >= 11 is 0. The quantitative estimate of drug-likeness (QED) is 0.848. The lowest BCUT2D eigenvalue weighted by Crippen LogP contribution is -2.29. The van der Waals surface area contributed by atoms with Crippen LogP contribution in [0.2, 0.25) is 0 Å². The summed E-state index contributed by atoms with van der Waals surface area (Å²) in [7, 11) is -3.24. The molecule has 1 aliphatic carbocycles. The van der Waals surface area contributed by atoms with Crippen molar-refractivity contribution in [3.8, 4) is 0 Å². The van der Waals surface area contributed by atoms with Crippen LogP contribution in [0.25, 0.3) is 0 Å². The Morgan fingerprint density at radius 3 is 2.17 bits per heavy atom. The Labute approximate surface area is 106 Å². The Hall–Kier alpha value is -1.40. The summed E-state index contributed by atoms with van der Waals surface area (Å²) in [4.78, 5) is 11.4. The Kier molecular flexibility index (Phi) is 2.95. The van der Waals surface area contributed by atoms with E-state index in [-0.39, 0.29) is 4.90 Å². The summed E-state index contributed by atoms with van der Waals surface area (Å²) in [5, 5.41) is 9.14. The molecule has 0 saturated heterocycles. The second kappa shape index (κ2) is 4.07. The van der Waals surface area contributed by atoms with Gasteiger partial charge in [0.15, 0.2) is 9.84 Å². The van der Waals surface area contributed by atoms with E-state index in [1.807, 2.05) is 0 Å². The molecule has 98 valence electrons. The zero-order chi connectivity index (χ0) is 13.6. The Balaban J connectivity index is 2.28. The van der Waals surface area contributed by atoms with Crippen LogP contribution >= 0.6 is 0 Å². The summed E-state index contributed by atoms with van der Waals surface area (Å²) in [6.07, 6.45) is 2.26. The normalized spacial score (nSPS) is 19.2. The number of aliphatic carboxylic acids is 1. The molecular formula is C12H15NO4S. The van der Waals surface area contributed by atoms with Crippen molar-refractivity contribution < 1.29 is 18.3 Å². The molecule has 2 rings (SSSR count). The van der Waals surface area contributed by atoms with Crippen LogP contribution in [0.1, 0.15) is 24.4 Å². The highest BCUT2D eigenvalue weighted by Crippen LogP contribution is 2.54. The Morgan fingerprint density at radius 2 is 1.83 bits per heavy atom. The molecule has 6 heteroatoms. The average Bonchev–Trinajstić information content (AvgIpc) is 3.08. The lowest BCUT2D eigenvalue weighted by atomic mass is 9.91. The number of carbonyl (C=O) groups is 1. The van der Waals surface area contributed by atoms with Crippen LogP contribution in [-0.4, -0.2) is 25.7 Å². The zero-order valence-corrected chi connectivity index (χ0v) is 10.8. The maximum atomic E-state index is 11.3. The molecule has 0 aromatic heterocycles. The molecule has 0 radical (unpaired) electrons. The van der Waals surface area contributed by atoms with Gasteiger partial charge >= 0.3 is 5.97 Å². The smallest absolute Gasteiger partial charge is 0.311 e. The number of sulfone groups is 1. The predicted molar refractivity (Wildman–Crippen MR) is 65.8 cm³/mol. The molecule has 1 fully saturated rings. The molecule has 0 heterocycles. The van der Waals surface area contributed by atoms with Gasteiger partial charge in [-0.3, -0.25) is 4.79 Å². The number of hydrogen-bond acceptors (Lipinski definition) is 4. The van der Waals surface area contributed by atoms with Crippen LogP contribution in [0.15, 0.2) is 29.2 Å². The molecule has 1 aromatic carbocycles. The number of nitrogens with two attached hydrogens (primary N) is 1. The van der Waals surface area contributed by atoms with E-state index in [4.69, 9.17) is 10.8 Å². The van der Waals surface area contributed by atoms with Crippen molar-refractivity contribution in [3.63, 3.8) is 0 Å². The molecule has 0 amide bonds. The maximum absolute atomic E-state index is 11.3. The van der Waals surface area contributed by atoms with Crippen molar-refractivity contribution >= 4 is 15.8 Å². The molecule has 1 saturated carbocycles. The van der Waals surface area contributed by atoms with E-state index in [9.17, 15) is 13.2 Å². The third-order valence-corrected chi connectivity index (χ3v) is 4.61. The minimum absolute atomic E-state index is 0.207. The van der Waals surface area contributed by atoms with E-state index in [1.54, 1.807) is 12.1 Å². The second-order valence-corrected chi connectivity index (χ2v) is 6.80. The van der Waals surface area contributed by atoms with Gasteiger partial charge in [0.1, 0.15) is 0 Å². The van der Waals surface area contributed by atoms with Gasteiger partial charge in [-0.05, 0) is 30.5 Å². The highest BCUT2D eigenvalue weighted by Gasteiger charge is 2.55. The van der Waals surface area contributed by atoms with Crippen LogP contribution in [0.5, 0.6) is 0 Å². The number of carboxylic acids is 1. The largest absolute Gasteiger partial charge is 0.481 e. The van der Waals surface area contributed by atoms with Crippen LogP contribution in [0, 0.1) is 5.41 Å². The van der Waals surface area contributed by atoms with Gasteiger partial charge in [0.2, 0.25) is 0 Å². The second-order valence-electron chi connectivity index (χ2n) is 4.78. The summed E-state index contributed by atoms with van der Waals surface area (Å²) in [5.74, 6) is -0.887. The van der Waals surface area contributed by atoms with Crippen molar-refractivity contribution in [2.45, 2.75) is 23.8 Å². The Bertz CT molecular complexity index is 573. The zero-order valence-electron chi connectivity index (χ0n) is 9.96. The summed E-state index contributed by atoms with van der Waals surface area (Å²) in [6, 6.07) is 5.50. The molecule has 0 bridgehead atoms. The molecule has 5 nitrogen and oxygen atoms in total. The van der Waals surface area contributed by atoms with Crippen molar-refractivity contribution in [1.29, 1.82) is 0 Å². The fourth-order valence-electron chi connectivity index (χ4n) is 2.03. The predicted octanol–water partition coefficient (Wildman–Crippen LogP) is 0.955. The van der Waals surface area contributed by atoms with E-state index < -0.39 is 27.3 Å². The van der Waals surface area contributed by atoms with Gasteiger partial charge in [-0.1, -0.05) is 12.1 Å². The van der Waals surface area contributed by atoms with E-state index in [2.05, 4.69) is 0 Å². The summed E-state index contributed by atoms with van der Waals surface area (Å²) < 4.78 is 22.6. The minimum Gasteiger partial charge on any atom is -0.481 e. The van der Waals surface area contributed by atoms with E-state index in [1.165, 1.54) is 12.1 Å². The first-order chi connectivity index (χ1) is 8.27.